The maximum atomic E-state index is 8.82. The van der Waals surface area contributed by atoms with E-state index in [0.29, 0.717) is 31.8 Å². The first-order chi connectivity index (χ1) is 10.7. The minimum Gasteiger partial charge on any atom is -0.379 e. The Hall–Kier alpha value is -0.240. The van der Waals surface area contributed by atoms with Gasteiger partial charge in [-0.1, -0.05) is 12.8 Å². The second-order valence-electron chi connectivity index (χ2n) is 6.20. The lowest BCUT2D eigenvalue weighted by molar-refractivity contribution is -0.0468. The first kappa shape index (κ1) is 18.1. The molecule has 2 aliphatic rings. The Kier molecular flexibility index (Phi) is 8.66. The quantitative estimate of drug-likeness (QED) is 0.268. The number of unbranched alkanes of at least 4 members (excludes halogenated alkanes) is 2. The van der Waals surface area contributed by atoms with Crippen LogP contribution in [0, 0.1) is 0 Å². The summed E-state index contributed by atoms with van der Waals surface area (Å²) in [6.07, 6.45) is 6.09. The summed E-state index contributed by atoms with van der Waals surface area (Å²) >= 11 is 0. The van der Waals surface area contributed by atoms with Gasteiger partial charge >= 0.3 is 0 Å². The molecule has 2 heterocycles. The highest BCUT2D eigenvalue weighted by Crippen LogP contribution is 2.17. The maximum absolute atomic E-state index is 8.82. The normalized spacial score (nSPS) is 24.7. The lowest BCUT2D eigenvalue weighted by Gasteiger charge is -2.17. The van der Waals surface area contributed by atoms with Gasteiger partial charge in [-0.3, -0.25) is 0 Å². The monoisotopic (exact) mass is 318 g/mol. The molecule has 130 valence electrons. The number of hydrogen-bond acceptors (Lipinski definition) is 6. The summed E-state index contributed by atoms with van der Waals surface area (Å²) in [6.45, 7) is 3.83. The smallest absolute Gasteiger partial charge is 0.151 e. The summed E-state index contributed by atoms with van der Waals surface area (Å²) < 4.78 is 21.8. The van der Waals surface area contributed by atoms with E-state index in [2.05, 4.69) is 0 Å². The Labute approximate surface area is 132 Å². The van der Waals surface area contributed by atoms with Gasteiger partial charge in [0.25, 0.3) is 0 Å². The van der Waals surface area contributed by atoms with E-state index >= 15 is 0 Å². The zero-order valence-electron chi connectivity index (χ0n) is 13.3. The molecule has 0 aliphatic carbocycles. The SMILES string of the molecule is OC(O)CCCCCC(CCCOCC1CO1)OCC1CO1. The van der Waals surface area contributed by atoms with E-state index in [1.54, 1.807) is 0 Å². The van der Waals surface area contributed by atoms with Crippen molar-refractivity contribution in [3.05, 3.63) is 0 Å². The molecule has 6 nitrogen and oxygen atoms in total. The molecule has 0 aromatic rings. The van der Waals surface area contributed by atoms with Crippen LogP contribution in [0.25, 0.3) is 0 Å². The van der Waals surface area contributed by atoms with Crippen molar-refractivity contribution in [1.82, 2.24) is 0 Å². The van der Waals surface area contributed by atoms with E-state index in [1.807, 2.05) is 0 Å². The Bertz CT molecular complexity index is 266. The number of hydrogen-bond donors (Lipinski definition) is 2. The lowest BCUT2D eigenvalue weighted by atomic mass is 10.1. The van der Waals surface area contributed by atoms with Crippen molar-refractivity contribution < 1.29 is 29.2 Å². The maximum Gasteiger partial charge on any atom is 0.151 e. The van der Waals surface area contributed by atoms with Crippen LogP contribution in [0.1, 0.15) is 44.9 Å². The molecule has 0 amide bonds. The first-order valence-electron chi connectivity index (χ1n) is 8.52. The number of aliphatic hydroxyl groups is 2. The third-order valence-corrected chi connectivity index (χ3v) is 3.93. The summed E-state index contributed by atoms with van der Waals surface area (Å²) in [5.41, 5.74) is 0. The van der Waals surface area contributed by atoms with E-state index in [0.717, 1.165) is 58.3 Å². The van der Waals surface area contributed by atoms with Gasteiger partial charge in [0.15, 0.2) is 6.29 Å². The van der Waals surface area contributed by atoms with E-state index in [1.165, 1.54) is 0 Å². The van der Waals surface area contributed by atoms with Crippen LogP contribution in [0.2, 0.25) is 0 Å². The van der Waals surface area contributed by atoms with Gasteiger partial charge in [0.1, 0.15) is 12.2 Å². The topological polar surface area (TPSA) is 84.0 Å². The molecule has 2 N–H and O–H groups in total. The van der Waals surface area contributed by atoms with Crippen molar-refractivity contribution in [2.45, 2.75) is 69.5 Å². The molecule has 0 radical (unpaired) electrons. The molecule has 22 heavy (non-hydrogen) atoms. The molecule has 0 spiro atoms. The van der Waals surface area contributed by atoms with Gasteiger partial charge in [-0.15, -0.1) is 0 Å². The number of epoxide rings is 2. The molecule has 3 unspecified atom stereocenters. The summed E-state index contributed by atoms with van der Waals surface area (Å²) in [4.78, 5) is 0. The highest BCUT2D eigenvalue weighted by molar-refractivity contribution is 4.70. The fourth-order valence-electron chi connectivity index (χ4n) is 2.39. The van der Waals surface area contributed by atoms with Gasteiger partial charge in [0, 0.05) is 6.61 Å². The van der Waals surface area contributed by atoms with Gasteiger partial charge in [0.2, 0.25) is 0 Å². The molecule has 2 saturated heterocycles. The van der Waals surface area contributed by atoms with Gasteiger partial charge in [-0.25, -0.2) is 0 Å². The zero-order chi connectivity index (χ0) is 15.6. The Morgan fingerprint density at radius 1 is 0.864 bits per heavy atom. The predicted octanol–water partition coefficient (Wildman–Crippen LogP) is 1.23. The molecule has 3 atom stereocenters. The summed E-state index contributed by atoms with van der Waals surface area (Å²) in [6, 6.07) is 0. The Morgan fingerprint density at radius 2 is 1.50 bits per heavy atom. The minimum atomic E-state index is -1.17. The van der Waals surface area contributed by atoms with Gasteiger partial charge < -0.3 is 29.2 Å². The number of rotatable bonds is 15. The van der Waals surface area contributed by atoms with Gasteiger partial charge in [-0.2, -0.15) is 0 Å². The van der Waals surface area contributed by atoms with Crippen LogP contribution in [0.3, 0.4) is 0 Å². The van der Waals surface area contributed by atoms with Crippen molar-refractivity contribution in [3.63, 3.8) is 0 Å². The number of aliphatic hydroxyl groups excluding tert-OH is 1. The first-order valence-corrected chi connectivity index (χ1v) is 8.52. The molecular weight excluding hydrogens is 288 g/mol. The van der Waals surface area contributed by atoms with Gasteiger partial charge in [-0.05, 0) is 32.1 Å². The van der Waals surface area contributed by atoms with Crippen molar-refractivity contribution >= 4 is 0 Å². The lowest BCUT2D eigenvalue weighted by Crippen LogP contribution is -2.17. The van der Waals surface area contributed by atoms with Crippen LogP contribution in [-0.2, 0) is 18.9 Å². The van der Waals surface area contributed by atoms with Crippen molar-refractivity contribution in [2.24, 2.45) is 0 Å². The van der Waals surface area contributed by atoms with Crippen molar-refractivity contribution in [3.8, 4) is 0 Å². The van der Waals surface area contributed by atoms with E-state index in [-0.39, 0.29) is 6.10 Å². The second kappa shape index (κ2) is 10.5. The van der Waals surface area contributed by atoms with E-state index in [4.69, 9.17) is 29.2 Å². The average Bonchev–Trinajstić information content (AvgIpc) is 3.36. The largest absolute Gasteiger partial charge is 0.379 e. The zero-order valence-corrected chi connectivity index (χ0v) is 13.3. The molecule has 0 saturated carbocycles. The van der Waals surface area contributed by atoms with Crippen LogP contribution in [0.5, 0.6) is 0 Å². The standard InChI is InChI=1S/C16H30O6/c17-16(18)7-3-1-2-5-13(20-11-15-12-22-15)6-4-8-19-9-14-10-21-14/h13-18H,1-12H2. The molecule has 0 bridgehead atoms. The van der Waals surface area contributed by atoms with Crippen LogP contribution in [0.15, 0.2) is 0 Å². The fourth-order valence-corrected chi connectivity index (χ4v) is 2.39. The molecule has 6 heteroatoms. The van der Waals surface area contributed by atoms with E-state index in [9.17, 15) is 0 Å². The molecular formula is C16H30O6. The minimum absolute atomic E-state index is 0.254. The summed E-state index contributed by atoms with van der Waals surface area (Å²) in [5.74, 6) is 0. The molecule has 2 fully saturated rings. The van der Waals surface area contributed by atoms with Gasteiger partial charge in [0.05, 0.1) is 32.5 Å². The highest BCUT2D eigenvalue weighted by Gasteiger charge is 2.24. The molecule has 0 aromatic heterocycles. The van der Waals surface area contributed by atoms with Crippen molar-refractivity contribution in [2.75, 3.05) is 33.0 Å². The van der Waals surface area contributed by atoms with Crippen molar-refractivity contribution in [1.29, 1.82) is 0 Å². The number of ether oxygens (including phenoxy) is 4. The molecule has 2 aliphatic heterocycles. The molecule has 2 rings (SSSR count). The summed E-state index contributed by atoms with van der Waals surface area (Å²) in [5, 5.41) is 17.6. The van der Waals surface area contributed by atoms with Crippen LogP contribution in [0.4, 0.5) is 0 Å². The Morgan fingerprint density at radius 3 is 2.18 bits per heavy atom. The van der Waals surface area contributed by atoms with Crippen LogP contribution >= 0.6 is 0 Å². The predicted molar refractivity (Wildman–Crippen MR) is 80.6 cm³/mol. The second-order valence-corrected chi connectivity index (χ2v) is 6.20. The van der Waals surface area contributed by atoms with Crippen LogP contribution < -0.4 is 0 Å². The third kappa shape index (κ3) is 9.71. The van der Waals surface area contributed by atoms with Crippen LogP contribution in [-0.4, -0.2) is 67.8 Å². The van der Waals surface area contributed by atoms with E-state index < -0.39 is 6.29 Å². The average molecular weight is 318 g/mol. The molecule has 0 aromatic carbocycles. The third-order valence-electron chi connectivity index (χ3n) is 3.93. The highest BCUT2D eigenvalue weighted by atomic mass is 16.6. The summed E-state index contributed by atoms with van der Waals surface area (Å²) in [7, 11) is 0. The fraction of sp³-hybridized carbons (Fsp3) is 1.00. The Balaban J connectivity index is 1.48.